The van der Waals surface area contributed by atoms with Gasteiger partial charge in [0.15, 0.2) is 0 Å². The third-order valence-corrected chi connectivity index (χ3v) is 7.31. The zero-order valence-electron chi connectivity index (χ0n) is 22.4. The molecule has 0 aliphatic heterocycles. The highest BCUT2D eigenvalue weighted by Crippen LogP contribution is 2.43. The Balaban J connectivity index is 1.65. The third-order valence-electron chi connectivity index (χ3n) is 6.32. The predicted octanol–water partition coefficient (Wildman–Crippen LogP) is 5.19. The van der Waals surface area contributed by atoms with Gasteiger partial charge in [0.1, 0.15) is 6.10 Å². The molecule has 0 radical (unpaired) electrons. The number of halogens is 3. The molecule has 3 aromatic carbocycles. The van der Waals surface area contributed by atoms with Crippen molar-refractivity contribution in [1.29, 1.82) is 0 Å². The molecule has 0 bridgehead atoms. The molecule has 222 valence electrons. The number of carbonyl (C=O) groups excluding carboxylic acids is 1. The van der Waals surface area contributed by atoms with Crippen LogP contribution in [-0.4, -0.2) is 54.6 Å². The van der Waals surface area contributed by atoms with Crippen LogP contribution in [0.5, 0.6) is 0 Å². The van der Waals surface area contributed by atoms with Crippen molar-refractivity contribution in [2.24, 2.45) is 5.92 Å². The molecular weight excluding hydrogens is 562 g/mol. The Morgan fingerprint density at radius 2 is 1.34 bits per heavy atom. The summed E-state index contributed by atoms with van der Waals surface area (Å²) in [7, 11) is -4.68. The summed E-state index contributed by atoms with van der Waals surface area (Å²) in [5, 5.41) is 12.9. The van der Waals surface area contributed by atoms with Gasteiger partial charge < -0.3 is 14.7 Å². The minimum absolute atomic E-state index is 0.0976. The molecule has 3 aromatic rings. The molecule has 0 aromatic heterocycles. The Morgan fingerprint density at radius 3 is 1.76 bits per heavy atom. The molecule has 41 heavy (non-hydrogen) atoms. The smallest absolute Gasteiger partial charge is 0.457 e. The van der Waals surface area contributed by atoms with Gasteiger partial charge in [0, 0.05) is 6.54 Å². The average Bonchev–Trinajstić information content (AvgIpc) is 2.96. The number of esters is 1. The molecule has 0 fully saturated rings. The molecule has 0 aliphatic carbocycles. The summed E-state index contributed by atoms with van der Waals surface area (Å²) in [6.45, 7) is -0.945. The first kappa shape index (κ1) is 32.5. The van der Waals surface area contributed by atoms with E-state index in [2.05, 4.69) is 5.32 Å². The van der Waals surface area contributed by atoms with E-state index < -0.39 is 57.2 Å². The summed E-state index contributed by atoms with van der Waals surface area (Å²) >= 11 is 0. The van der Waals surface area contributed by atoms with Crippen LogP contribution >= 0.6 is 7.82 Å². The number of phosphoric ester groups is 1. The topological polar surface area (TPSA) is 114 Å². The lowest BCUT2D eigenvalue weighted by Crippen LogP contribution is -2.46. The largest absolute Gasteiger partial charge is 0.472 e. The van der Waals surface area contributed by atoms with Crippen LogP contribution in [0.4, 0.5) is 13.2 Å². The first-order valence-corrected chi connectivity index (χ1v) is 14.4. The van der Waals surface area contributed by atoms with Crippen LogP contribution in [-0.2, 0) is 28.7 Å². The van der Waals surface area contributed by atoms with Gasteiger partial charge in [0.25, 0.3) is 0 Å². The molecule has 12 heteroatoms. The van der Waals surface area contributed by atoms with Gasteiger partial charge in [-0.2, -0.15) is 13.2 Å². The highest BCUT2D eigenvalue weighted by Gasteiger charge is 2.38. The third kappa shape index (κ3) is 9.22. The summed E-state index contributed by atoms with van der Waals surface area (Å²) < 4.78 is 65.2. The molecular formula is C29H33F3NO7P. The van der Waals surface area contributed by atoms with Crippen molar-refractivity contribution in [3.8, 4) is 0 Å². The van der Waals surface area contributed by atoms with E-state index in [0.29, 0.717) is 0 Å². The highest BCUT2D eigenvalue weighted by atomic mass is 31.2. The van der Waals surface area contributed by atoms with Crippen molar-refractivity contribution in [2.75, 3.05) is 26.4 Å². The lowest BCUT2D eigenvalue weighted by atomic mass is 9.77. The second-order valence-electron chi connectivity index (χ2n) is 9.31. The van der Waals surface area contributed by atoms with Gasteiger partial charge in [-0.15, -0.1) is 0 Å². The molecule has 0 saturated carbocycles. The molecule has 0 amide bonds. The number of aliphatic hydroxyl groups excluding tert-OH is 1. The van der Waals surface area contributed by atoms with E-state index in [0.717, 1.165) is 23.6 Å². The van der Waals surface area contributed by atoms with E-state index in [-0.39, 0.29) is 13.2 Å². The maximum absolute atomic E-state index is 12.7. The number of hydrogen-bond donors (Lipinski definition) is 3. The first-order chi connectivity index (χ1) is 19.5. The van der Waals surface area contributed by atoms with Crippen LogP contribution in [0, 0.1) is 5.92 Å². The predicted molar refractivity (Wildman–Crippen MR) is 146 cm³/mol. The number of hydrogen-bond acceptors (Lipinski definition) is 7. The highest BCUT2D eigenvalue weighted by molar-refractivity contribution is 7.47. The zero-order valence-corrected chi connectivity index (χ0v) is 23.3. The molecule has 2 unspecified atom stereocenters. The second-order valence-corrected chi connectivity index (χ2v) is 10.8. The van der Waals surface area contributed by atoms with Gasteiger partial charge in [-0.05, 0) is 16.7 Å². The number of rotatable bonds is 15. The van der Waals surface area contributed by atoms with Crippen LogP contribution in [0.1, 0.15) is 30.0 Å². The maximum Gasteiger partial charge on any atom is 0.472 e. The monoisotopic (exact) mass is 595 g/mol. The lowest BCUT2D eigenvalue weighted by Gasteiger charge is -2.37. The quantitative estimate of drug-likeness (QED) is 0.0952. The van der Waals surface area contributed by atoms with Crippen molar-refractivity contribution in [2.45, 2.75) is 31.2 Å². The van der Waals surface area contributed by atoms with E-state index in [1.54, 1.807) is 0 Å². The minimum Gasteiger partial charge on any atom is -0.457 e. The molecule has 0 saturated heterocycles. The molecule has 0 spiro atoms. The standard InChI is InChI=1S/C29H33F3NO7P/c1-22(29(30,31)32)19-27(35)40-26(20-34)21-39-41(36,37)38-18-17-33-28(23-11-5-2-6-12-23,24-13-7-3-8-14-24)25-15-9-4-10-16-25/h2-16,22,26,33-34H,17-21H2,1H3,(H,36,37)/t22?,26-/m0/s1. The number of carbonyl (C=O) groups is 1. The van der Waals surface area contributed by atoms with Gasteiger partial charge in [-0.1, -0.05) is 97.9 Å². The zero-order chi connectivity index (χ0) is 29.9. The van der Waals surface area contributed by atoms with E-state index in [4.69, 9.17) is 13.8 Å². The van der Waals surface area contributed by atoms with Gasteiger partial charge in [-0.25, -0.2) is 4.57 Å². The normalized spacial score (nSPS) is 15.1. The Bertz CT molecular complexity index is 1170. The van der Waals surface area contributed by atoms with Crippen molar-refractivity contribution >= 4 is 13.8 Å². The van der Waals surface area contributed by atoms with Gasteiger partial charge >= 0.3 is 20.0 Å². The van der Waals surface area contributed by atoms with Gasteiger partial charge in [0.05, 0.1) is 37.7 Å². The number of benzene rings is 3. The van der Waals surface area contributed by atoms with E-state index >= 15 is 0 Å². The number of alkyl halides is 3. The van der Waals surface area contributed by atoms with Crippen molar-refractivity contribution in [1.82, 2.24) is 5.32 Å². The second kappa shape index (κ2) is 14.7. The van der Waals surface area contributed by atoms with Crippen LogP contribution in [0.25, 0.3) is 0 Å². The average molecular weight is 596 g/mol. The van der Waals surface area contributed by atoms with Crippen molar-refractivity contribution in [3.63, 3.8) is 0 Å². The molecule has 8 nitrogen and oxygen atoms in total. The minimum atomic E-state index is -4.68. The van der Waals surface area contributed by atoms with E-state index in [1.807, 2.05) is 91.0 Å². The maximum atomic E-state index is 12.7. The number of ether oxygens (including phenoxy) is 1. The Labute approximate surface area is 236 Å². The summed E-state index contributed by atoms with van der Waals surface area (Å²) in [4.78, 5) is 21.9. The summed E-state index contributed by atoms with van der Waals surface area (Å²) in [6, 6.07) is 29.0. The van der Waals surface area contributed by atoms with Gasteiger partial charge in [-0.3, -0.25) is 19.2 Å². The molecule has 0 heterocycles. The fourth-order valence-electron chi connectivity index (χ4n) is 4.21. The molecule has 3 rings (SSSR count). The van der Waals surface area contributed by atoms with Crippen LogP contribution in [0.2, 0.25) is 0 Å². The van der Waals surface area contributed by atoms with E-state index in [1.165, 1.54) is 0 Å². The summed E-state index contributed by atoms with van der Waals surface area (Å²) in [6.07, 6.45) is -7.01. The number of aliphatic hydroxyl groups is 1. The fourth-order valence-corrected chi connectivity index (χ4v) is 4.96. The van der Waals surface area contributed by atoms with Crippen LogP contribution in [0.15, 0.2) is 91.0 Å². The SMILES string of the molecule is CC(CC(=O)O[C@@H](CO)COP(=O)(O)OCCNC(c1ccccc1)(c1ccccc1)c1ccccc1)C(F)(F)F. The molecule has 3 atom stereocenters. The first-order valence-electron chi connectivity index (χ1n) is 12.9. The van der Waals surface area contributed by atoms with Crippen molar-refractivity contribution in [3.05, 3.63) is 108 Å². The van der Waals surface area contributed by atoms with Crippen molar-refractivity contribution < 1.29 is 46.3 Å². The van der Waals surface area contributed by atoms with E-state index in [9.17, 15) is 32.5 Å². The Hall–Kier alpha value is -3.05. The molecule has 3 N–H and O–H groups in total. The number of nitrogens with one attached hydrogen (secondary N) is 1. The van der Waals surface area contributed by atoms with Crippen LogP contribution < -0.4 is 5.32 Å². The van der Waals surface area contributed by atoms with Crippen LogP contribution in [0.3, 0.4) is 0 Å². The fraction of sp³-hybridized carbons (Fsp3) is 0.345. The Morgan fingerprint density at radius 1 is 0.878 bits per heavy atom. The number of phosphoric acid groups is 1. The van der Waals surface area contributed by atoms with Gasteiger partial charge in [0.2, 0.25) is 0 Å². The summed E-state index contributed by atoms with van der Waals surface area (Å²) in [5.74, 6) is -3.18. The Kier molecular flexibility index (Phi) is 11.7. The lowest BCUT2D eigenvalue weighted by molar-refractivity contribution is -0.183. The molecule has 0 aliphatic rings. The summed E-state index contributed by atoms with van der Waals surface area (Å²) in [5.41, 5.74) is 1.94.